The highest BCUT2D eigenvalue weighted by molar-refractivity contribution is 8.01. The van der Waals surface area contributed by atoms with Crippen LogP contribution < -0.4 is 5.32 Å². The summed E-state index contributed by atoms with van der Waals surface area (Å²) >= 11 is 7.31. The average Bonchev–Trinajstić information content (AvgIpc) is 3.41. The lowest BCUT2D eigenvalue weighted by atomic mass is 9.94. The number of carbonyl (C=O) groups excluding carboxylic acids is 5. The van der Waals surface area contributed by atoms with Gasteiger partial charge in [-0.3, -0.25) is 19.7 Å². The molecule has 5 saturated heterocycles. The van der Waals surface area contributed by atoms with Crippen molar-refractivity contribution in [3.05, 3.63) is 29.8 Å². The molecule has 46 heavy (non-hydrogen) atoms. The number of nitrogens with one attached hydrogen (secondary N) is 1. The molecule has 0 aromatic heterocycles. The van der Waals surface area contributed by atoms with Gasteiger partial charge >= 0.3 is 11.9 Å². The van der Waals surface area contributed by atoms with Gasteiger partial charge in [-0.15, -0.1) is 35.8 Å². The normalized spacial score (nSPS) is 34.7. The van der Waals surface area contributed by atoms with E-state index in [9.17, 15) is 37.5 Å². The van der Waals surface area contributed by atoms with Crippen LogP contribution in [0.4, 0.5) is 0 Å². The number of phenols is 1. The van der Waals surface area contributed by atoms with Crippen LogP contribution in [-0.4, -0.2) is 115 Å². The van der Waals surface area contributed by atoms with Crippen molar-refractivity contribution in [2.75, 3.05) is 12.7 Å². The molecule has 252 valence electrons. The highest BCUT2D eigenvalue weighted by Gasteiger charge is 2.71. The average molecular weight is 722 g/mol. The molecule has 5 heterocycles. The van der Waals surface area contributed by atoms with Crippen LogP contribution in [0, 0.1) is 0 Å². The van der Waals surface area contributed by atoms with Crippen LogP contribution in [0.2, 0.25) is 0 Å². The van der Waals surface area contributed by atoms with Gasteiger partial charge in [-0.2, -0.15) is 0 Å². The van der Waals surface area contributed by atoms with Crippen LogP contribution in [0.5, 0.6) is 5.75 Å². The number of benzene rings is 1. The number of nitrogens with zero attached hydrogens (tertiary/aromatic N) is 3. The number of halogens is 2. The molecule has 14 nitrogen and oxygen atoms in total. The van der Waals surface area contributed by atoms with Crippen molar-refractivity contribution in [1.29, 1.82) is 0 Å². The number of alkyl halides is 1. The van der Waals surface area contributed by atoms with Crippen molar-refractivity contribution < 1.29 is 47.0 Å². The molecular weight excluding hydrogens is 687 g/mol. The van der Waals surface area contributed by atoms with Gasteiger partial charge in [0.05, 0.1) is 12.1 Å². The molecule has 0 bridgehead atoms. The number of rotatable bonds is 7. The molecule has 7 atom stereocenters. The monoisotopic (exact) mass is 720 g/mol. The van der Waals surface area contributed by atoms with Crippen LogP contribution >= 0.6 is 35.8 Å². The summed E-state index contributed by atoms with van der Waals surface area (Å²) in [6.45, 7) is 7.50. The van der Waals surface area contributed by atoms with Crippen LogP contribution in [0.1, 0.15) is 52.6 Å². The summed E-state index contributed by atoms with van der Waals surface area (Å²) in [5.41, 5.74) is -0.283. The Bertz CT molecular complexity index is 1620. The number of ether oxygens (including phenoxy) is 2. The van der Waals surface area contributed by atoms with Gasteiger partial charge < -0.3 is 29.3 Å². The smallest absolute Gasteiger partial charge is 0.333 e. The number of hydrogen-bond acceptors (Lipinski definition) is 12. The first-order valence-corrected chi connectivity index (χ1v) is 17.2. The minimum Gasteiger partial charge on any atom is -0.508 e. The van der Waals surface area contributed by atoms with E-state index < -0.39 is 96.3 Å². The van der Waals surface area contributed by atoms with Crippen LogP contribution in [0.15, 0.2) is 24.3 Å². The molecule has 5 fully saturated rings. The highest BCUT2D eigenvalue weighted by atomic mass is 35.5. The van der Waals surface area contributed by atoms with E-state index in [1.54, 1.807) is 39.8 Å². The van der Waals surface area contributed by atoms with Crippen molar-refractivity contribution in [2.45, 2.75) is 91.1 Å². The number of amides is 3. The first-order valence-electron chi connectivity index (χ1n) is 14.2. The maximum absolute atomic E-state index is 13.7. The summed E-state index contributed by atoms with van der Waals surface area (Å²) in [7, 11) is -3.96. The molecule has 2 N–H and O–H groups in total. The van der Waals surface area contributed by atoms with E-state index in [0.29, 0.717) is 5.56 Å². The number of carbonyl (C=O) groups is 5. The van der Waals surface area contributed by atoms with E-state index in [1.165, 1.54) is 40.6 Å². The molecule has 6 rings (SSSR count). The summed E-state index contributed by atoms with van der Waals surface area (Å²) in [4.78, 5) is 69.6. The van der Waals surface area contributed by atoms with Crippen molar-refractivity contribution in [2.24, 2.45) is 0 Å². The zero-order chi connectivity index (χ0) is 33.0. The van der Waals surface area contributed by atoms with Gasteiger partial charge in [0.15, 0.2) is 15.9 Å². The number of sulfone groups is 1. The van der Waals surface area contributed by atoms with Gasteiger partial charge in [-0.1, -0.05) is 12.1 Å². The Morgan fingerprint density at radius 3 is 2.15 bits per heavy atom. The van der Waals surface area contributed by atoms with Gasteiger partial charge in [0, 0.05) is 10.6 Å². The summed E-state index contributed by atoms with van der Waals surface area (Å²) < 4.78 is 33.7. The van der Waals surface area contributed by atoms with Gasteiger partial charge in [0.25, 0.3) is 0 Å². The number of hydrogen-bond donors (Lipinski definition) is 2. The molecule has 18 heteroatoms. The second-order valence-corrected chi connectivity index (χ2v) is 17.6. The third-order valence-corrected chi connectivity index (χ3v) is 14.5. The van der Waals surface area contributed by atoms with Crippen LogP contribution in [0.25, 0.3) is 0 Å². The minimum absolute atomic E-state index is 0. The zero-order valence-corrected chi connectivity index (χ0v) is 28.7. The molecule has 1 aromatic carbocycles. The van der Waals surface area contributed by atoms with Crippen LogP contribution in [0.3, 0.4) is 0 Å². The van der Waals surface area contributed by atoms with Crippen LogP contribution in [-0.2, 0) is 43.3 Å². The molecule has 5 aliphatic rings. The maximum atomic E-state index is 13.7. The fourth-order valence-corrected chi connectivity index (χ4v) is 11.5. The molecule has 1 aromatic rings. The predicted molar refractivity (Wildman–Crippen MR) is 166 cm³/mol. The Morgan fingerprint density at radius 1 is 1.00 bits per heavy atom. The lowest BCUT2D eigenvalue weighted by Crippen LogP contribution is -2.73. The fraction of sp³-hybridized carbons (Fsp3) is 0.607. The van der Waals surface area contributed by atoms with E-state index in [0.717, 1.165) is 4.90 Å². The Hall–Kier alpha value is -2.79. The molecule has 3 unspecified atom stereocenters. The molecule has 5 aliphatic heterocycles. The quantitative estimate of drug-likeness (QED) is 0.176. The fourth-order valence-electron chi connectivity index (χ4n) is 7.03. The van der Waals surface area contributed by atoms with Crippen molar-refractivity contribution >= 4 is 75.3 Å². The van der Waals surface area contributed by atoms with Gasteiger partial charge in [0.2, 0.25) is 24.5 Å². The Labute approximate surface area is 280 Å². The summed E-state index contributed by atoms with van der Waals surface area (Å²) in [5.74, 6) is -3.61. The van der Waals surface area contributed by atoms with Gasteiger partial charge in [-0.05, 0) is 52.3 Å². The predicted octanol–water partition coefficient (Wildman–Crippen LogP) is 0.851. The largest absolute Gasteiger partial charge is 0.508 e. The first-order chi connectivity index (χ1) is 20.9. The Morgan fingerprint density at radius 2 is 1.59 bits per heavy atom. The molecule has 3 amide bonds. The minimum atomic E-state index is -3.96. The van der Waals surface area contributed by atoms with E-state index in [1.807, 2.05) is 0 Å². The number of phenolic OH excluding ortho intramolecular Hbond substituents is 1. The lowest BCUT2D eigenvalue weighted by Gasteiger charge is -2.50. The lowest BCUT2D eigenvalue weighted by molar-refractivity contribution is -0.183. The van der Waals surface area contributed by atoms with Gasteiger partial charge in [-0.25, -0.2) is 18.0 Å². The first kappa shape index (κ1) is 34.5. The Balaban J connectivity index is 0.00000417. The summed E-state index contributed by atoms with van der Waals surface area (Å²) in [6, 6.07) is 2.05. The van der Waals surface area contributed by atoms with Gasteiger partial charge in [0.1, 0.15) is 39.4 Å². The number of β-lactam (4-membered cyclic amide) rings is 2. The summed E-state index contributed by atoms with van der Waals surface area (Å²) in [5, 5.41) is 11.2. The standard InChI is InChI=1S/C28H33ClN4O10S2.ClH/c1-26(2)19(24(38)42-12-43-25(39)20-28(5,11-29)45(40,41)16-10-15(35)31(16)20)32-22(37)18(23(32)44-26)33-21(36)17(30-27(33,3)4)13-6-8-14(34)9-7-13;/h6-9,16-20,23,30,34H,10-12H2,1-5H3;1H/t16-,17?,18?,19+,20?,23-,28+;/m1./s1. The molecule has 0 spiro atoms. The SMILES string of the molecule is CC1(C)S[C@@H]2C(N3C(=O)C(c4ccc(O)cc4)NC3(C)C)C(=O)N2[C@H]1C(=O)OCOC(=O)C1N2C(=O)C[C@H]2S(=O)(=O)[C@@]1(C)CCl.Cl. The van der Waals surface area contributed by atoms with Crippen molar-refractivity contribution in [3.8, 4) is 5.75 Å². The molecule has 0 radical (unpaired) electrons. The Kier molecular flexibility index (Phi) is 8.37. The number of esters is 2. The highest BCUT2D eigenvalue weighted by Crippen LogP contribution is 2.54. The number of fused-ring (bicyclic) bond motifs is 2. The van der Waals surface area contributed by atoms with Crippen molar-refractivity contribution in [1.82, 2.24) is 20.0 Å². The summed E-state index contributed by atoms with van der Waals surface area (Å²) in [6.07, 6.45) is -0.248. The number of thioether (sulfide) groups is 1. The maximum Gasteiger partial charge on any atom is 0.333 e. The topological polar surface area (TPSA) is 180 Å². The third-order valence-electron chi connectivity index (χ3n) is 9.43. The third kappa shape index (κ3) is 4.69. The zero-order valence-electron chi connectivity index (χ0n) is 25.5. The van der Waals surface area contributed by atoms with E-state index in [-0.39, 0.29) is 30.5 Å². The number of aromatic hydroxyl groups is 1. The second kappa shape index (κ2) is 11.1. The van der Waals surface area contributed by atoms with Crippen molar-refractivity contribution in [3.63, 3.8) is 0 Å². The van der Waals surface area contributed by atoms with E-state index in [4.69, 9.17) is 21.1 Å². The second-order valence-electron chi connectivity index (χ2n) is 13.0. The molecular formula is C28H34Cl2N4O10S2. The van der Waals surface area contributed by atoms with E-state index in [2.05, 4.69) is 5.32 Å². The molecule has 0 saturated carbocycles. The molecule has 0 aliphatic carbocycles. The van der Waals surface area contributed by atoms with E-state index >= 15 is 0 Å².